The van der Waals surface area contributed by atoms with Gasteiger partial charge in [-0.1, -0.05) is 285 Å². The predicted molar refractivity (Wildman–Crippen MR) is 352 cm³/mol. The predicted octanol–water partition coefficient (Wildman–Crippen LogP) is 22.4. The molecule has 1 N–H and O–H groups in total. The molecule has 1 unspecified atom stereocenters. The molecule has 0 aromatic carbocycles. The zero-order chi connectivity index (χ0) is 57.6. The average Bonchev–Trinajstić information content (AvgIpc) is 3.46. The molecule has 0 spiro atoms. The summed E-state index contributed by atoms with van der Waals surface area (Å²) in [6.45, 7) is 3.88. The Morgan fingerprint density at radius 2 is 0.500 bits per heavy atom. The SMILES string of the molecule is CC/C=C\C/C=C\C/C=C\C/C=C\C/C=C\C/C=C\C/C=C\C/C=C\C/C=C\C/C=C\CCCCCCC(=O)OC(CO)COC(=O)CCCCCCCCCCCCCC/C=C\C/C=C\C/C=C\C/C=C\C/C=C\C/C=C\CC. The number of ether oxygens (including phenoxy) is 2. The normalized spacial score (nSPS) is 13.6. The fourth-order valence-electron chi connectivity index (χ4n) is 8.17. The second-order valence-electron chi connectivity index (χ2n) is 20.4. The third kappa shape index (κ3) is 65.3. The smallest absolute Gasteiger partial charge is 0.306 e. The summed E-state index contributed by atoms with van der Waals surface area (Å²) in [7, 11) is 0. The molecule has 0 rings (SSSR count). The number of carbonyl (C=O) groups is 2. The summed E-state index contributed by atoms with van der Waals surface area (Å²) in [5, 5.41) is 9.68. The summed E-state index contributed by atoms with van der Waals surface area (Å²) >= 11 is 0. The molecular weight excluding hydrogens is 981 g/mol. The monoisotopic (exact) mass is 1100 g/mol. The number of aliphatic hydroxyl groups is 1. The highest BCUT2D eigenvalue weighted by Gasteiger charge is 2.16. The number of esters is 2. The van der Waals surface area contributed by atoms with Gasteiger partial charge in [-0.3, -0.25) is 9.59 Å². The van der Waals surface area contributed by atoms with Crippen molar-refractivity contribution in [2.45, 2.75) is 251 Å². The van der Waals surface area contributed by atoms with Gasteiger partial charge in [0.25, 0.3) is 0 Å². The first-order chi connectivity index (χ1) is 39.6. The van der Waals surface area contributed by atoms with Gasteiger partial charge in [0, 0.05) is 12.8 Å². The maximum absolute atomic E-state index is 12.3. The second kappa shape index (κ2) is 68.0. The molecule has 0 aromatic heterocycles. The van der Waals surface area contributed by atoms with Crippen LogP contribution in [0.5, 0.6) is 0 Å². The molecule has 0 aliphatic rings. The second-order valence-corrected chi connectivity index (χ2v) is 20.4. The van der Waals surface area contributed by atoms with E-state index >= 15 is 0 Å². The van der Waals surface area contributed by atoms with Gasteiger partial charge in [0.15, 0.2) is 6.10 Å². The molecule has 0 bridgehead atoms. The number of hydrogen-bond donors (Lipinski definition) is 1. The summed E-state index contributed by atoms with van der Waals surface area (Å²) in [6, 6.07) is 0. The van der Waals surface area contributed by atoms with Crippen molar-refractivity contribution in [3.05, 3.63) is 194 Å². The fraction of sp³-hybridized carbons (Fsp3) is 0.547. The minimum atomic E-state index is -0.803. The Hall–Kier alpha value is -5.26. The van der Waals surface area contributed by atoms with E-state index in [-0.39, 0.29) is 25.2 Å². The van der Waals surface area contributed by atoms with Gasteiger partial charge >= 0.3 is 11.9 Å². The summed E-state index contributed by atoms with van der Waals surface area (Å²) in [6.07, 6.45) is 108. The van der Waals surface area contributed by atoms with E-state index in [0.29, 0.717) is 12.8 Å². The van der Waals surface area contributed by atoms with Gasteiger partial charge in [0.05, 0.1) is 6.61 Å². The van der Waals surface area contributed by atoms with Gasteiger partial charge in [0.1, 0.15) is 6.61 Å². The fourth-order valence-corrected chi connectivity index (χ4v) is 8.17. The first-order valence-corrected chi connectivity index (χ1v) is 32.0. The van der Waals surface area contributed by atoms with E-state index in [2.05, 4.69) is 208 Å². The topological polar surface area (TPSA) is 72.8 Å². The van der Waals surface area contributed by atoms with E-state index < -0.39 is 6.10 Å². The van der Waals surface area contributed by atoms with E-state index in [1.165, 1.54) is 64.2 Å². The number of hydrogen-bond acceptors (Lipinski definition) is 5. The van der Waals surface area contributed by atoms with E-state index in [1.54, 1.807) is 0 Å². The van der Waals surface area contributed by atoms with Gasteiger partial charge in [-0.15, -0.1) is 0 Å². The molecule has 0 saturated carbocycles. The molecule has 0 heterocycles. The van der Waals surface area contributed by atoms with E-state index in [1.807, 2.05) is 0 Å². The number of unbranched alkanes of at least 4 members (excludes halogenated alkanes) is 16. The Morgan fingerprint density at radius 3 is 0.750 bits per heavy atom. The van der Waals surface area contributed by atoms with Gasteiger partial charge in [0.2, 0.25) is 0 Å². The third-order valence-corrected chi connectivity index (χ3v) is 12.9. The van der Waals surface area contributed by atoms with Crippen molar-refractivity contribution in [1.82, 2.24) is 0 Å². The van der Waals surface area contributed by atoms with Crippen LogP contribution < -0.4 is 0 Å². The van der Waals surface area contributed by atoms with Crippen LogP contribution in [0, 0.1) is 0 Å². The zero-order valence-corrected chi connectivity index (χ0v) is 51.0. The Kier molecular flexibility index (Phi) is 63.5. The van der Waals surface area contributed by atoms with E-state index in [0.717, 1.165) is 154 Å². The molecule has 0 aromatic rings. The molecule has 1 atom stereocenters. The summed E-state index contributed by atoms with van der Waals surface area (Å²) < 4.78 is 10.7. The summed E-state index contributed by atoms with van der Waals surface area (Å²) in [5.41, 5.74) is 0. The van der Waals surface area contributed by atoms with Gasteiger partial charge in [-0.2, -0.15) is 0 Å². The van der Waals surface area contributed by atoms with Crippen LogP contribution in [-0.4, -0.2) is 36.4 Å². The van der Waals surface area contributed by atoms with E-state index in [9.17, 15) is 14.7 Å². The van der Waals surface area contributed by atoms with Crippen LogP contribution in [0.4, 0.5) is 0 Å². The van der Waals surface area contributed by atoms with Gasteiger partial charge in [-0.05, 0) is 141 Å². The third-order valence-electron chi connectivity index (χ3n) is 12.9. The van der Waals surface area contributed by atoms with Crippen LogP contribution in [0.1, 0.15) is 245 Å². The van der Waals surface area contributed by atoms with Gasteiger partial charge in [-0.25, -0.2) is 0 Å². The lowest BCUT2D eigenvalue weighted by atomic mass is 10.0. The van der Waals surface area contributed by atoms with Crippen LogP contribution >= 0.6 is 0 Å². The van der Waals surface area contributed by atoms with Crippen molar-refractivity contribution in [1.29, 1.82) is 0 Å². The largest absolute Gasteiger partial charge is 0.462 e. The lowest BCUT2D eigenvalue weighted by molar-refractivity contribution is -0.161. The van der Waals surface area contributed by atoms with Crippen molar-refractivity contribution in [2.24, 2.45) is 0 Å². The lowest BCUT2D eigenvalue weighted by Crippen LogP contribution is -2.28. The highest BCUT2D eigenvalue weighted by Crippen LogP contribution is 2.14. The Bertz CT molecular complexity index is 1870. The van der Waals surface area contributed by atoms with Crippen LogP contribution in [-0.2, 0) is 19.1 Å². The molecule has 5 nitrogen and oxygen atoms in total. The first kappa shape index (κ1) is 74.7. The van der Waals surface area contributed by atoms with Crippen molar-refractivity contribution < 1.29 is 24.2 Å². The van der Waals surface area contributed by atoms with E-state index in [4.69, 9.17) is 9.47 Å². The maximum Gasteiger partial charge on any atom is 0.306 e. The molecule has 0 radical (unpaired) electrons. The minimum absolute atomic E-state index is 0.0901. The molecule has 80 heavy (non-hydrogen) atoms. The average molecular weight is 1100 g/mol. The Labute approximate surface area is 492 Å². The van der Waals surface area contributed by atoms with Crippen molar-refractivity contribution in [2.75, 3.05) is 13.2 Å². The number of carbonyl (C=O) groups excluding carboxylic acids is 2. The molecule has 446 valence electrons. The first-order valence-electron chi connectivity index (χ1n) is 32.0. The van der Waals surface area contributed by atoms with Crippen LogP contribution in [0.2, 0.25) is 0 Å². The Morgan fingerprint density at radius 1 is 0.287 bits per heavy atom. The summed E-state index contributed by atoms with van der Waals surface area (Å²) in [4.78, 5) is 24.6. The molecule has 0 aliphatic carbocycles. The standard InChI is InChI=1S/C75H116O5/c1-3-5-7-9-11-13-15-17-19-21-23-25-27-29-31-33-35-36-37-38-40-42-44-46-48-50-52-54-56-58-60-62-64-66-68-70-75(78)80-73(71-76)72-79-74(77)69-67-65-63-61-59-57-55-53-51-49-47-45-43-41-39-34-32-30-28-26-24-22-20-18-16-14-12-10-8-6-4-2/h5-8,11-14,17-20,23-26,29-32,35-36,38-41,44,46,50,52,56,58,73,76H,3-4,9-10,15-16,21-22,27-28,33-34,37,42-43,45,47-49,51,53-55,57,59-72H2,1-2H3/b7-5-,8-6-,13-11-,14-12-,19-17-,20-18-,25-23-,26-24-,31-29-,32-30-,36-35-,40-38-,41-39-,46-44-,52-50-,58-56-. The molecule has 0 amide bonds. The maximum atomic E-state index is 12.3. The van der Waals surface area contributed by atoms with Crippen molar-refractivity contribution in [3.63, 3.8) is 0 Å². The quantitative estimate of drug-likeness (QED) is 0.0373. The summed E-state index contributed by atoms with van der Waals surface area (Å²) in [5.74, 6) is -0.634. The molecule has 5 heteroatoms. The number of allylic oxidation sites excluding steroid dienone is 32. The zero-order valence-electron chi connectivity index (χ0n) is 51.0. The van der Waals surface area contributed by atoms with Crippen LogP contribution in [0.15, 0.2) is 194 Å². The van der Waals surface area contributed by atoms with Crippen molar-refractivity contribution >= 4 is 11.9 Å². The highest BCUT2D eigenvalue weighted by molar-refractivity contribution is 5.70. The molecule has 0 aliphatic heterocycles. The van der Waals surface area contributed by atoms with Crippen LogP contribution in [0.25, 0.3) is 0 Å². The molecular formula is C75H116O5. The highest BCUT2D eigenvalue weighted by atomic mass is 16.6. The van der Waals surface area contributed by atoms with Gasteiger partial charge < -0.3 is 14.6 Å². The Balaban J connectivity index is 3.64. The minimum Gasteiger partial charge on any atom is -0.462 e. The van der Waals surface area contributed by atoms with Crippen LogP contribution in [0.3, 0.4) is 0 Å². The molecule has 0 fully saturated rings. The lowest BCUT2D eigenvalue weighted by Gasteiger charge is -2.15. The molecule has 0 saturated heterocycles. The number of rotatable bonds is 56. The van der Waals surface area contributed by atoms with Crippen molar-refractivity contribution in [3.8, 4) is 0 Å². The number of aliphatic hydroxyl groups excluding tert-OH is 1.